The largest absolute Gasteiger partial charge is 0.309 e. The van der Waals surface area contributed by atoms with Gasteiger partial charge >= 0.3 is 0 Å². The molecule has 12 rings (SSSR count). The lowest BCUT2D eigenvalue weighted by Gasteiger charge is -2.34. The van der Waals surface area contributed by atoms with Crippen molar-refractivity contribution in [1.82, 2.24) is 19.5 Å². The van der Waals surface area contributed by atoms with Gasteiger partial charge in [-0.15, -0.1) is 0 Å². The van der Waals surface area contributed by atoms with Gasteiger partial charge in [-0.3, -0.25) is 0 Å². The number of anilines is 3. The molecule has 0 saturated heterocycles. The second-order valence-electron chi connectivity index (χ2n) is 14.8. The Labute approximate surface area is 334 Å². The maximum Gasteiger partial charge on any atom is 0.164 e. The molecule has 0 unspecified atom stereocenters. The van der Waals surface area contributed by atoms with Gasteiger partial charge in [0.25, 0.3) is 0 Å². The van der Waals surface area contributed by atoms with Gasteiger partial charge in [0.2, 0.25) is 0 Å². The highest BCUT2D eigenvalue weighted by Crippen LogP contribution is 2.53. The third-order valence-electron chi connectivity index (χ3n) is 11.5. The summed E-state index contributed by atoms with van der Waals surface area (Å²) < 4.78 is 2.46. The van der Waals surface area contributed by atoms with Crippen LogP contribution in [0.2, 0.25) is 0 Å². The highest BCUT2D eigenvalue weighted by molar-refractivity contribution is 6.19. The maximum absolute atomic E-state index is 5.09. The molecule has 2 aromatic heterocycles. The lowest BCUT2D eigenvalue weighted by Crippen LogP contribution is -2.16. The Morgan fingerprint density at radius 3 is 1.64 bits per heavy atom. The number of para-hydroxylation sites is 2. The van der Waals surface area contributed by atoms with Crippen molar-refractivity contribution in [2.24, 2.45) is 0 Å². The van der Waals surface area contributed by atoms with Crippen LogP contribution in [0.3, 0.4) is 0 Å². The minimum absolute atomic E-state index is 0.627. The first-order valence-corrected chi connectivity index (χ1v) is 19.6. The Balaban J connectivity index is 1.10. The maximum atomic E-state index is 5.09. The summed E-state index contributed by atoms with van der Waals surface area (Å²) in [5.41, 5.74) is 12.0. The SMILES string of the molecule is c1ccc(-c2nc(-c3ccccc3)nc(-c3ccc4c(c3)N(c3ccccc3)c3ccc(-n5c6ccccc6c6cc7ccccc7cc65)c5cccc-4c35)n2)cc1. The van der Waals surface area contributed by atoms with Crippen LogP contribution in [0.4, 0.5) is 17.1 Å². The molecule has 0 radical (unpaired) electrons. The molecule has 3 heterocycles. The van der Waals surface area contributed by atoms with Gasteiger partial charge in [-0.1, -0.05) is 152 Å². The number of aromatic nitrogens is 4. The minimum atomic E-state index is 0.627. The highest BCUT2D eigenvalue weighted by Gasteiger charge is 2.29. The number of hydrogen-bond donors (Lipinski definition) is 0. The normalized spacial score (nSPS) is 12.1. The first-order valence-electron chi connectivity index (χ1n) is 19.6. The molecule has 0 bridgehead atoms. The van der Waals surface area contributed by atoms with Crippen LogP contribution in [0.25, 0.3) is 94.3 Å². The lowest BCUT2D eigenvalue weighted by molar-refractivity contribution is 1.07. The van der Waals surface area contributed by atoms with E-state index in [2.05, 4.69) is 149 Å². The van der Waals surface area contributed by atoms with E-state index in [1.807, 2.05) is 60.7 Å². The molecule has 11 aromatic rings. The van der Waals surface area contributed by atoms with Crippen LogP contribution in [0.1, 0.15) is 0 Å². The number of rotatable bonds is 5. The van der Waals surface area contributed by atoms with Crippen LogP contribution in [0, 0.1) is 0 Å². The molecule has 5 heteroatoms. The van der Waals surface area contributed by atoms with Crippen molar-refractivity contribution in [2.75, 3.05) is 4.90 Å². The first kappa shape index (κ1) is 32.4. The van der Waals surface area contributed by atoms with Gasteiger partial charge in [0, 0.05) is 49.5 Å². The minimum Gasteiger partial charge on any atom is -0.309 e. The molecule has 0 fully saturated rings. The summed E-state index contributed by atoms with van der Waals surface area (Å²) in [4.78, 5) is 17.5. The lowest BCUT2D eigenvalue weighted by atomic mass is 9.89. The summed E-state index contributed by atoms with van der Waals surface area (Å²) in [5.74, 6) is 1.91. The van der Waals surface area contributed by atoms with E-state index in [4.69, 9.17) is 15.0 Å². The van der Waals surface area contributed by atoms with Gasteiger partial charge < -0.3 is 9.47 Å². The monoisotopic (exact) mass is 739 g/mol. The van der Waals surface area contributed by atoms with Gasteiger partial charge in [-0.2, -0.15) is 0 Å². The Bertz CT molecular complexity index is 3330. The Morgan fingerprint density at radius 2 is 0.914 bits per heavy atom. The summed E-state index contributed by atoms with van der Waals surface area (Å²) in [6.45, 7) is 0. The first-order chi connectivity index (χ1) is 28.8. The molecule has 1 aliphatic rings. The quantitative estimate of drug-likeness (QED) is 0.176. The zero-order chi connectivity index (χ0) is 38.2. The smallest absolute Gasteiger partial charge is 0.164 e. The summed E-state index contributed by atoms with van der Waals surface area (Å²) in [5, 5.41) is 7.38. The van der Waals surface area contributed by atoms with Crippen LogP contribution in [0.15, 0.2) is 200 Å². The molecule has 0 N–H and O–H groups in total. The van der Waals surface area contributed by atoms with Crippen LogP contribution in [0.5, 0.6) is 0 Å². The molecule has 0 atom stereocenters. The fourth-order valence-corrected chi connectivity index (χ4v) is 8.90. The van der Waals surface area contributed by atoms with E-state index in [1.54, 1.807) is 0 Å². The van der Waals surface area contributed by atoms with Crippen molar-refractivity contribution in [1.29, 1.82) is 0 Å². The topological polar surface area (TPSA) is 46.8 Å². The van der Waals surface area contributed by atoms with E-state index in [0.717, 1.165) is 45.0 Å². The van der Waals surface area contributed by atoms with Gasteiger partial charge in [0.1, 0.15) is 0 Å². The molecule has 58 heavy (non-hydrogen) atoms. The number of benzene rings is 9. The number of nitrogens with zero attached hydrogens (tertiary/aromatic N) is 5. The summed E-state index contributed by atoms with van der Waals surface area (Å²) in [6.07, 6.45) is 0. The van der Waals surface area contributed by atoms with E-state index in [-0.39, 0.29) is 0 Å². The predicted octanol–water partition coefficient (Wildman–Crippen LogP) is 13.7. The second kappa shape index (κ2) is 12.8. The van der Waals surface area contributed by atoms with Crippen LogP contribution >= 0.6 is 0 Å². The van der Waals surface area contributed by atoms with E-state index in [9.17, 15) is 0 Å². The Kier molecular flexibility index (Phi) is 7.16. The molecular formula is C53H33N5. The molecule has 0 amide bonds. The average Bonchev–Trinajstić information content (AvgIpc) is 3.61. The van der Waals surface area contributed by atoms with Crippen molar-refractivity contribution < 1.29 is 0 Å². The standard InChI is InChI=1S/C53H33N5/c1-4-15-34(16-5-1)51-54-52(35-17-6-2-7-18-35)56-53(55-51)38-27-28-41-42-24-14-25-43-46(29-30-47(50(42)43)57(48(41)33-38)39-21-8-3-9-22-39)58-45-26-13-12-23-40(45)44-31-36-19-10-11-20-37(36)32-49(44)58/h1-33H. The van der Waals surface area contributed by atoms with Crippen LogP contribution < -0.4 is 4.90 Å². The predicted molar refractivity (Wildman–Crippen MR) is 239 cm³/mol. The molecular weight excluding hydrogens is 707 g/mol. The zero-order valence-corrected chi connectivity index (χ0v) is 31.3. The van der Waals surface area contributed by atoms with E-state index < -0.39 is 0 Å². The second-order valence-corrected chi connectivity index (χ2v) is 14.8. The Hall–Kier alpha value is -7.89. The fraction of sp³-hybridized carbons (Fsp3) is 0. The molecule has 0 spiro atoms. The van der Waals surface area contributed by atoms with Crippen molar-refractivity contribution in [3.8, 4) is 51.0 Å². The van der Waals surface area contributed by atoms with E-state index in [0.29, 0.717) is 17.5 Å². The molecule has 5 nitrogen and oxygen atoms in total. The number of hydrogen-bond acceptors (Lipinski definition) is 4. The third kappa shape index (κ3) is 5.00. The van der Waals surface area contributed by atoms with Crippen LogP contribution in [-0.2, 0) is 0 Å². The van der Waals surface area contributed by atoms with Crippen molar-refractivity contribution in [3.05, 3.63) is 200 Å². The van der Waals surface area contributed by atoms with Gasteiger partial charge in [0.15, 0.2) is 17.5 Å². The Morgan fingerprint density at radius 1 is 0.328 bits per heavy atom. The third-order valence-corrected chi connectivity index (χ3v) is 11.5. The van der Waals surface area contributed by atoms with Gasteiger partial charge in [0.05, 0.1) is 28.1 Å². The zero-order valence-electron chi connectivity index (χ0n) is 31.3. The van der Waals surface area contributed by atoms with Crippen LogP contribution in [-0.4, -0.2) is 19.5 Å². The molecule has 270 valence electrons. The van der Waals surface area contributed by atoms with Gasteiger partial charge in [-0.05, 0) is 64.9 Å². The van der Waals surface area contributed by atoms with E-state index in [1.165, 1.54) is 48.9 Å². The van der Waals surface area contributed by atoms with Crippen molar-refractivity contribution in [2.45, 2.75) is 0 Å². The fourth-order valence-electron chi connectivity index (χ4n) is 8.90. The summed E-state index contributed by atoms with van der Waals surface area (Å²) >= 11 is 0. The molecule has 1 aliphatic heterocycles. The van der Waals surface area contributed by atoms with Gasteiger partial charge in [-0.25, -0.2) is 15.0 Å². The highest BCUT2D eigenvalue weighted by atomic mass is 15.2. The van der Waals surface area contributed by atoms with Crippen molar-refractivity contribution in [3.63, 3.8) is 0 Å². The molecule has 0 saturated carbocycles. The molecule has 9 aromatic carbocycles. The number of fused-ring (bicyclic) bond motifs is 6. The average molecular weight is 740 g/mol. The van der Waals surface area contributed by atoms with Crippen molar-refractivity contribution >= 4 is 60.4 Å². The van der Waals surface area contributed by atoms with E-state index >= 15 is 0 Å². The molecule has 0 aliphatic carbocycles. The summed E-state index contributed by atoms with van der Waals surface area (Å²) in [7, 11) is 0. The summed E-state index contributed by atoms with van der Waals surface area (Å²) in [6, 6.07) is 71.1.